The molecule has 0 bridgehead atoms. The van der Waals surface area contributed by atoms with Gasteiger partial charge in [-0.1, -0.05) is 12.2 Å². The van der Waals surface area contributed by atoms with Gasteiger partial charge in [0.05, 0.1) is 19.5 Å². The Balaban J connectivity index is 2.06. The Morgan fingerprint density at radius 1 is 1.44 bits per heavy atom. The second kappa shape index (κ2) is 4.74. The molecule has 0 fully saturated rings. The predicted molar refractivity (Wildman–Crippen MR) is 59.2 cm³/mol. The number of nitrogens with one attached hydrogen (secondary N) is 1. The van der Waals surface area contributed by atoms with Crippen molar-refractivity contribution in [2.75, 3.05) is 12.4 Å². The molecule has 16 heavy (non-hydrogen) atoms. The lowest BCUT2D eigenvalue weighted by atomic mass is 10.2. The number of hydrogen-bond donors (Lipinski definition) is 1. The van der Waals surface area contributed by atoms with Crippen LogP contribution in [0.4, 0.5) is 5.82 Å². The fraction of sp³-hybridized carbons (Fsp3) is 0.364. The van der Waals surface area contributed by atoms with E-state index in [-0.39, 0.29) is 5.69 Å². The molecule has 0 saturated heterocycles. The highest BCUT2D eigenvalue weighted by molar-refractivity contribution is 5.87. The van der Waals surface area contributed by atoms with Crippen molar-refractivity contribution in [3.8, 4) is 0 Å². The number of esters is 1. The molecule has 2 rings (SSSR count). The molecule has 1 N–H and O–H groups in total. The van der Waals surface area contributed by atoms with Gasteiger partial charge in [0.2, 0.25) is 0 Å². The van der Waals surface area contributed by atoms with Gasteiger partial charge in [-0.2, -0.15) is 0 Å². The van der Waals surface area contributed by atoms with Crippen LogP contribution in [0.2, 0.25) is 0 Å². The standard InChI is InChI=1S/C11H13N3O2/c1-16-11(15)9-6-12-7-10(14-9)13-8-4-2-3-5-8/h2-3,6-8H,4-5H2,1H3,(H,13,14). The largest absolute Gasteiger partial charge is 0.464 e. The van der Waals surface area contributed by atoms with E-state index in [1.807, 2.05) is 0 Å². The third-order valence-corrected chi connectivity index (χ3v) is 2.39. The molecule has 0 saturated carbocycles. The van der Waals surface area contributed by atoms with Gasteiger partial charge in [-0.25, -0.2) is 9.78 Å². The van der Waals surface area contributed by atoms with Gasteiger partial charge >= 0.3 is 5.97 Å². The maximum absolute atomic E-state index is 11.2. The van der Waals surface area contributed by atoms with Gasteiger partial charge in [0.15, 0.2) is 5.69 Å². The molecule has 0 aromatic carbocycles. The molecule has 0 spiro atoms. The van der Waals surface area contributed by atoms with Crippen molar-refractivity contribution in [2.24, 2.45) is 0 Å². The number of hydrogen-bond acceptors (Lipinski definition) is 5. The van der Waals surface area contributed by atoms with Crippen molar-refractivity contribution < 1.29 is 9.53 Å². The number of carbonyl (C=O) groups is 1. The average Bonchev–Trinajstić information content (AvgIpc) is 2.81. The first-order chi connectivity index (χ1) is 7.79. The summed E-state index contributed by atoms with van der Waals surface area (Å²) in [6.07, 6.45) is 9.19. The van der Waals surface area contributed by atoms with Crippen LogP contribution in [0.1, 0.15) is 23.3 Å². The maximum Gasteiger partial charge on any atom is 0.358 e. The zero-order chi connectivity index (χ0) is 11.4. The van der Waals surface area contributed by atoms with E-state index in [0.717, 1.165) is 12.8 Å². The van der Waals surface area contributed by atoms with Crippen LogP contribution in [0, 0.1) is 0 Å². The third-order valence-electron chi connectivity index (χ3n) is 2.39. The average molecular weight is 219 g/mol. The number of anilines is 1. The minimum atomic E-state index is -0.472. The molecule has 1 heterocycles. The Morgan fingerprint density at radius 3 is 2.88 bits per heavy atom. The molecular formula is C11H13N3O2. The van der Waals surface area contributed by atoms with E-state index in [9.17, 15) is 4.79 Å². The van der Waals surface area contributed by atoms with Crippen molar-refractivity contribution in [1.82, 2.24) is 9.97 Å². The summed E-state index contributed by atoms with van der Waals surface area (Å²) < 4.78 is 4.58. The monoisotopic (exact) mass is 219 g/mol. The Labute approximate surface area is 93.6 Å². The zero-order valence-corrected chi connectivity index (χ0v) is 9.01. The Hall–Kier alpha value is -1.91. The Morgan fingerprint density at radius 2 is 2.19 bits per heavy atom. The summed E-state index contributed by atoms with van der Waals surface area (Å²) in [5, 5.41) is 3.22. The van der Waals surface area contributed by atoms with Gasteiger partial charge in [-0.15, -0.1) is 0 Å². The van der Waals surface area contributed by atoms with E-state index in [1.165, 1.54) is 13.3 Å². The highest BCUT2D eigenvalue weighted by Gasteiger charge is 2.12. The molecular weight excluding hydrogens is 206 g/mol. The van der Waals surface area contributed by atoms with Gasteiger partial charge in [-0.05, 0) is 12.8 Å². The quantitative estimate of drug-likeness (QED) is 0.614. The molecule has 0 atom stereocenters. The van der Waals surface area contributed by atoms with E-state index in [1.54, 1.807) is 6.20 Å². The minimum Gasteiger partial charge on any atom is -0.464 e. The van der Waals surface area contributed by atoms with E-state index >= 15 is 0 Å². The number of methoxy groups -OCH3 is 1. The second-order valence-electron chi connectivity index (χ2n) is 3.57. The highest BCUT2D eigenvalue weighted by atomic mass is 16.5. The number of aromatic nitrogens is 2. The summed E-state index contributed by atoms with van der Waals surface area (Å²) in [6.45, 7) is 0. The fourth-order valence-corrected chi connectivity index (χ4v) is 1.58. The lowest BCUT2D eigenvalue weighted by Gasteiger charge is -2.12. The van der Waals surface area contributed by atoms with Crippen LogP contribution in [0.25, 0.3) is 0 Å². The van der Waals surface area contributed by atoms with E-state index in [0.29, 0.717) is 11.9 Å². The minimum absolute atomic E-state index is 0.221. The predicted octanol–water partition coefficient (Wildman–Crippen LogP) is 1.39. The van der Waals surface area contributed by atoms with Gasteiger partial charge < -0.3 is 10.1 Å². The molecule has 0 unspecified atom stereocenters. The third kappa shape index (κ3) is 2.36. The van der Waals surface area contributed by atoms with Gasteiger partial charge in [0.1, 0.15) is 5.82 Å². The molecule has 5 nitrogen and oxygen atoms in total. The maximum atomic E-state index is 11.2. The van der Waals surface area contributed by atoms with E-state index in [2.05, 4.69) is 32.2 Å². The number of rotatable bonds is 3. The van der Waals surface area contributed by atoms with Crippen LogP contribution in [0.15, 0.2) is 24.5 Å². The summed E-state index contributed by atoms with van der Waals surface area (Å²) in [5.41, 5.74) is 0.221. The Kier molecular flexibility index (Phi) is 3.14. The normalized spacial score (nSPS) is 15.1. The van der Waals surface area contributed by atoms with Crippen LogP contribution in [-0.4, -0.2) is 29.1 Å². The van der Waals surface area contributed by atoms with Crippen LogP contribution in [-0.2, 0) is 4.74 Å². The first kappa shape index (κ1) is 10.6. The number of ether oxygens (including phenoxy) is 1. The summed E-state index contributed by atoms with van der Waals surface area (Å²) in [7, 11) is 1.32. The van der Waals surface area contributed by atoms with Crippen molar-refractivity contribution in [3.63, 3.8) is 0 Å². The molecule has 1 aliphatic rings. The summed E-state index contributed by atoms with van der Waals surface area (Å²) in [4.78, 5) is 19.3. The molecule has 0 aliphatic heterocycles. The number of nitrogens with zero attached hydrogens (tertiary/aromatic N) is 2. The van der Waals surface area contributed by atoms with Gasteiger partial charge in [0.25, 0.3) is 0 Å². The summed E-state index contributed by atoms with van der Waals surface area (Å²) >= 11 is 0. The molecule has 5 heteroatoms. The lowest BCUT2D eigenvalue weighted by molar-refractivity contribution is 0.0593. The molecule has 1 aromatic rings. The lowest BCUT2D eigenvalue weighted by Crippen LogP contribution is -2.17. The van der Waals surface area contributed by atoms with Gasteiger partial charge in [0, 0.05) is 6.04 Å². The van der Waals surface area contributed by atoms with Crippen molar-refractivity contribution in [3.05, 3.63) is 30.2 Å². The molecule has 1 aliphatic carbocycles. The fourth-order valence-electron chi connectivity index (χ4n) is 1.58. The summed E-state index contributed by atoms with van der Waals surface area (Å²) in [6, 6.07) is 0.349. The highest BCUT2D eigenvalue weighted by Crippen LogP contribution is 2.14. The number of carbonyl (C=O) groups excluding carboxylic acids is 1. The van der Waals surface area contributed by atoms with E-state index in [4.69, 9.17) is 0 Å². The zero-order valence-electron chi connectivity index (χ0n) is 9.01. The van der Waals surface area contributed by atoms with Gasteiger partial charge in [-0.3, -0.25) is 4.98 Å². The topological polar surface area (TPSA) is 64.1 Å². The van der Waals surface area contributed by atoms with Crippen LogP contribution < -0.4 is 5.32 Å². The van der Waals surface area contributed by atoms with Crippen LogP contribution in [0.3, 0.4) is 0 Å². The first-order valence-corrected chi connectivity index (χ1v) is 5.11. The summed E-state index contributed by atoms with van der Waals surface area (Å²) in [5.74, 6) is 0.136. The van der Waals surface area contributed by atoms with Crippen molar-refractivity contribution in [2.45, 2.75) is 18.9 Å². The molecule has 1 aromatic heterocycles. The molecule has 84 valence electrons. The van der Waals surface area contributed by atoms with Crippen molar-refractivity contribution in [1.29, 1.82) is 0 Å². The Bertz CT molecular complexity index is 409. The second-order valence-corrected chi connectivity index (χ2v) is 3.57. The smallest absolute Gasteiger partial charge is 0.358 e. The van der Waals surface area contributed by atoms with Crippen LogP contribution in [0.5, 0.6) is 0 Å². The molecule has 0 amide bonds. The van der Waals surface area contributed by atoms with E-state index < -0.39 is 5.97 Å². The van der Waals surface area contributed by atoms with Crippen molar-refractivity contribution >= 4 is 11.8 Å². The molecule has 0 radical (unpaired) electrons. The SMILES string of the molecule is COC(=O)c1cncc(NC2CC=CC2)n1. The first-order valence-electron chi connectivity index (χ1n) is 5.11. The van der Waals surface area contributed by atoms with Crippen LogP contribution >= 0.6 is 0 Å².